The lowest BCUT2D eigenvalue weighted by Crippen LogP contribution is -2.21. The van der Waals surface area contributed by atoms with E-state index in [4.69, 9.17) is 5.11 Å². The first-order valence-corrected chi connectivity index (χ1v) is 4.36. The summed E-state index contributed by atoms with van der Waals surface area (Å²) in [6, 6.07) is 2.38. The van der Waals surface area contributed by atoms with Crippen LogP contribution in [0.5, 0.6) is 0 Å². The monoisotopic (exact) mass is 221 g/mol. The van der Waals surface area contributed by atoms with Crippen molar-refractivity contribution in [3.05, 3.63) is 46.5 Å². The molecule has 0 spiro atoms. The third-order valence-electron chi connectivity index (χ3n) is 1.96. The molecule has 0 unspecified atom stereocenters. The van der Waals surface area contributed by atoms with Gasteiger partial charge in [-0.2, -0.15) is 4.98 Å². The maximum Gasteiger partial charge on any atom is 0.335 e. The van der Waals surface area contributed by atoms with Crippen molar-refractivity contribution in [2.45, 2.75) is 6.54 Å². The second kappa shape index (κ2) is 3.97. The van der Waals surface area contributed by atoms with Crippen LogP contribution in [0.1, 0.15) is 16.2 Å². The van der Waals surface area contributed by atoms with Gasteiger partial charge in [0.05, 0.1) is 12.1 Å². The molecule has 82 valence electrons. The minimum Gasteiger partial charge on any atom is -0.478 e. The lowest BCUT2D eigenvalue weighted by molar-refractivity contribution is 0.0696. The van der Waals surface area contributed by atoms with Crippen LogP contribution in [-0.2, 0) is 6.54 Å². The van der Waals surface area contributed by atoms with Crippen LogP contribution in [-0.4, -0.2) is 25.8 Å². The van der Waals surface area contributed by atoms with Crippen LogP contribution in [0.4, 0.5) is 0 Å². The second-order valence-corrected chi connectivity index (χ2v) is 3.03. The lowest BCUT2D eigenvalue weighted by atomic mass is 10.3. The van der Waals surface area contributed by atoms with Gasteiger partial charge in [0.15, 0.2) is 5.82 Å². The fourth-order valence-corrected chi connectivity index (χ4v) is 1.19. The van der Waals surface area contributed by atoms with E-state index in [0.29, 0.717) is 5.82 Å². The predicted octanol–water partition coefficient (Wildman–Crippen LogP) is -0.0222. The van der Waals surface area contributed by atoms with Crippen molar-refractivity contribution in [3.63, 3.8) is 0 Å². The van der Waals surface area contributed by atoms with Crippen molar-refractivity contribution in [3.8, 4) is 0 Å². The summed E-state index contributed by atoms with van der Waals surface area (Å²) in [6.07, 6.45) is 2.54. The van der Waals surface area contributed by atoms with E-state index in [-0.39, 0.29) is 12.1 Å². The highest BCUT2D eigenvalue weighted by atomic mass is 16.5. The Morgan fingerprint density at radius 3 is 2.94 bits per heavy atom. The van der Waals surface area contributed by atoms with Gasteiger partial charge in [-0.15, -0.1) is 0 Å². The van der Waals surface area contributed by atoms with Crippen LogP contribution in [0.3, 0.4) is 0 Å². The maximum absolute atomic E-state index is 11.5. The van der Waals surface area contributed by atoms with Gasteiger partial charge < -0.3 is 14.2 Å². The standard InChI is InChI=1S/C9H7N3O4/c13-8-3-6(9(14)15)1-2-12(8)4-7-10-5-16-11-7/h1-3,5H,4H2,(H,14,15). The van der Waals surface area contributed by atoms with Crippen molar-refractivity contribution in [1.82, 2.24) is 14.7 Å². The maximum atomic E-state index is 11.5. The highest BCUT2D eigenvalue weighted by Gasteiger charge is 2.06. The number of rotatable bonds is 3. The summed E-state index contributed by atoms with van der Waals surface area (Å²) in [4.78, 5) is 25.8. The number of hydrogen-bond acceptors (Lipinski definition) is 5. The number of carbonyl (C=O) groups is 1. The van der Waals surface area contributed by atoms with Crippen molar-refractivity contribution in [2.24, 2.45) is 0 Å². The van der Waals surface area contributed by atoms with E-state index in [9.17, 15) is 9.59 Å². The molecule has 0 amide bonds. The Morgan fingerprint density at radius 1 is 1.56 bits per heavy atom. The minimum atomic E-state index is -1.14. The molecule has 7 nitrogen and oxygen atoms in total. The molecule has 0 aliphatic heterocycles. The summed E-state index contributed by atoms with van der Waals surface area (Å²) >= 11 is 0. The lowest BCUT2D eigenvalue weighted by Gasteiger charge is -2.01. The molecule has 0 bridgehead atoms. The summed E-state index contributed by atoms with van der Waals surface area (Å²) in [6.45, 7) is 0.148. The Bertz CT molecular complexity index is 558. The van der Waals surface area contributed by atoms with Crippen molar-refractivity contribution in [1.29, 1.82) is 0 Å². The first-order chi connectivity index (χ1) is 7.66. The molecule has 2 rings (SSSR count). The molecular weight excluding hydrogens is 214 g/mol. The number of carboxylic acid groups (broad SMARTS) is 1. The molecule has 0 atom stereocenters. The summed E-state index contributed by atoms with van der Waals surface area (Å²) < 4.78 is 5.81. The molecule has 0 aliphatic rings. The Kier molecular flexibility index (Phi) is 2.50. The minimum absolute atomic E-state index is 0.0469. The molecular formula is C9H7N3O4. The van der Waals surface area contributed by atoms with Gasteiger partial charge in [-0.05, 0) is 6.07 Å². The second-order valence-electron chi connectivity index (χ2n) is 3.03. The van der Waals surface area contributed by atoms with Gasteiger partial charge in [0.1, 0.15) is 0 Å². The number of carboxylic acids is 1. The zero-order chi connectivity index (χ0) is 11.5. The fourth-order valence-electron chi connectivity index (χ4n) is 1.19. The molecule has 2 aromatic heterocycles. The van der Waals surface area contributed by atoms with E-state index in [1.807, 2.05) is 0 Å². The van der Waals surface area contributed by atoms with Gasteiger partial charge in [0.25, 0.3) is 5.56 Å². The molecule has 0 fully saturated rings. The average Bonchev–Trinajstić information content (AvgIpc) is 2.73. The van der Waals surface area contributed by atoms with Gasteiger partial charge in [0.2, 0.25) is 6.39 Å². The Hall–Kier alpha value is -2.44. The van der Waals surface area contributed by atoms with E-state index in [1.54, 1.807) is 0 Å². The molecule has 0 saturated carbocycles. The molecule has 2 heterocycles. The summed E-state index contributed by atoms with van der Waals surface area (Å²) in [5.41, 5.74) is -0.473. The van der Waals surface area contributed by atoms with Crippen molar-refractivity contribution in [2.75, 3.05) is 0 Å². The summed E-state index contributed by atoms with van der Waals surface area (Å²) in [5, 5.41) is 12.2. The first-order valence-electron chi connectivity index (χ1n) is 4.36. The topological polar surface area (TPSA) is 98.2 Å². The van der Waals surface area contributed by atoms with Gasteiger partial charge in [0, 0.05) is 12.3 Å². The van der Waals surface area contributed by atoms with Crippen LogP contribution in [0.2, 0.25) is 0 Å². The Labute approximate surface area is 89.0 Å². The number of nitrogens with zero attached hydrogens (tertiary/aromatic N) is 3. The third kappa shape index (κ3) is 1.97. The molecule has 0 aliphatic carbocycles. The van der Waals surface area contributed by atoms with Crippen LogP contribution in [0, 0.1) is 0 Å². The number of hydrogen-bond donors (Lipinski definition) is 1. The normalized spacial score (nSPS) is 10.2. The summed E-state index contributed by atoms with van der Waals surface area (Å²) in [5.74, 6) is -0.783. The molecule has 7 heteroatoms. The Morgan fingerprint density at radius 2 is 2.38 bits per heavy atom. The van der Waals surface area contributed by atoms with E-state index in [0.717, 1.165) is 12.5 Å². The van der Waals surface area contributed by atoms with E-state index in [1.165, 1.54) is 16.8 Å². The molecule has 0 saturated heterocycles. The first kappa shape index (κ1) is 10.1. The van der Waals surface area contributed by atoms with Crippen LogP contribution in [0.15, 0.2) is 34.0 Å². The van der Waals surface area contributed by atoms with Crippen molar-refractivity contribution >= 4 is 5.97 Å². The van der Waals surface area contributed by atoms with Gasteiger partial charge in [-0.25, -0.2) is 4.79 Å². The van der Waals surface area contributed by atoms with Gasteiger partial charge in [-0.1, -0.05) is 5.16 Å². The average molecular weight is 221 g/mol. The number of aromatic carboxylic acids is 1. The van der Waals surface area contributed by atoms with E-state index >= 15 is 0 Å². The van der Waals surface area contributed by atoms with E-state index in [2.05, 4.69) is 14.7 Å². The number of aromatic nitrogens is 3. The quantitative estimate of drug-likeness (QED) is 0.781. The SMILES string of the molecule is O=C(O)c1ccn(Cc2ncon2)c(=O)c1. The largest absolute Gasteiger partial charge is 0.478 e. The van der Waals surface area contributed by atoms with Crippen molar-refractivity contribution < 1.29 is 14.4 Å². The Balaban J connectivity index is 2.30. The third-order valence-corrected chi connectivity index (χ3v) is 1.96. The van der Waals surface area contributed by atoms with Gasteiger partial charge >= 0.3 is 5.97 Å². The zero-order valence-electron chi connectivity index (χ0n) is 8.03. The van der Waals surface area contributed by atoms with Crippen LogP contribution >= 0.6 is 0 Å². The highest BCUT2D eigenvalue weighted by molar-refractivity contribution is 5.87. The molecule has 16 heavy (non-hydrogen) atoms. The zero-order valence-corrected chi connectivity index (χ0v) is 8.03. The fraction of sp³-hybridized carbons (Fsp3) is 0.111. The molecule has 0 radical (unpaired) electrons. The van der Waals surface area contributed by atoms with Crippen LogP contribution < -0.4 is 5.56 Å². The summed E-state index contributed by atoms with van der Waals surface area (Å²) in [7, 11) is 0. The van der Waals surface area contributed by atoms with Gasteiger partial charge in [-0.3, -0.25) is 4.79 Å². The number of pyridine rings is 1. The smallest absolute Gasteiger partial charge is 0.335 e. The highest BCUT2D eigenvalue weighted by Crippen LogP contribution is 1.97. The molecule has 1 N–H and O–H groups in total. The molecule has 0 aromatic carbocycles. The van der Waals surface area contributed by atoms with E-state index < -0.39 is 11.5 Å². The predicted molar refractivity (Wildman–Crippen MR) is 51.1 cm³/mol. The van der Waals surface area contributed by atoms with Crippen LogP contribution in [0.25, 0.3) is 0 Å². The molecule has 2 aromatic rings.